The van der Waals surface area contributed by atoms with Crippen LogP contribution in [0.15, 0.2) is 83.7 Å². The number of nitrogens with one attached hydrogen (secondary N) is 1. The van der Waals surface area contributed by atoms with Crippen molar-refractivity contribution in [3.63, 3.8) is 0 Å². The zero-order valence-corrected chi connectivity index (χ0v) is 21.8. The van der Waals surface area contributed by atoms with Crippen LogP contribution >= 0.6 is 0 Å². The fourth-order valence-electron chi connectivity index (χ4n) is 4.28. The Morgan fingerprint density at radius 1 is 0.865 bits per heavy atom. The van der Waals surface area contributed by atoms with Crippen LogP contribution in [0.1, 0.15) is 57.6 Å². The molecule has 0 fully saturated rings. The second kappa shape index (κ2) is 14.5. The molecule has 2 aromatic heterocycles. The Kier molecular flexibility index (Phi) is 10.8. The highest BCUT2D eigenvalue weighted by Gasteiger charge is 2.36. The number of carbonyl (C=O) groups excluding carboxylic acids is 2. The SMILES string of the molecule is CCCCCC1C(C(=O)OCC=Cc2cccnc2)=C(C)NC(C)=C1C(=O)OCC=Cc1cccnc1. The molecule has 0 aliphatic carbocycles. The molecule has 0 radical (unpaired) electrons. The molecule has 0 saturated heterocycles. The Morgan fingerprint density at radius 3 is 1.81 bits per heavy atom. The van der Waals surface area contributed by atoms with Crippen molar-refractivity contribution in [3.05, 3.63) is 94.9 Å². The number of ether oxygens (including phenoxy) is 2. The molecule has 0 spiro atoms. The minimum absolute atomic E-state index is 0.119. The fraction of sp³-hybridized carbons (Fsp3) is 0.333. The van der Waals surface area contributed by atoms with E-state index in [4.69, 9.17) is 9.47 Å². The van der Waals surface area contributed by atoms with E-state index in [2.05, 4.69) is 22.2 Å². The molecular weight excluding hydrogens is 466 g/mol. The minimum atomic E-state index is -0.434. The lowest BCUT2D eigenvalue weighted by atomic mass is 9.82. The van der Waals surface area contributed by atoms with Crippen molar-refractivity contribution >= 4 is 24.1 Å². The van der Waals surface area contributed by atoms with Gasteiger partial charge >= 0.3 is 11.9 Å². The zero-order chi connectivity index (χ0) is 26.5. The Balaban J connectivity index is 1.70. The van der Waals surface area contributed by atoms with Crippen molar-refractivity contribution in [1.82, 2.24) is 15.3 Å². The smallest absolute Gasteiger partial charge is 0.336 e. The number of allylic oxidation sites excluding steroid dienone is 2. The van der Waals surface area contributed by atoms with Gasteiger partial charge in [-0.1, -0.05) is 50.5 Å². The summed E-state index contributed by atoms with van der Waals surface area (Å²) < 4.78 is 11.2. The molecule has 7 heteroatoms. The normalized spacial score (nSPS) is 15.8. The maximum atomic E-state index is 13.2. The van der Waals surface area contributed by atoms with Crippen LogP contribution in [0.2, 0.25) is 0 Å². The number of esters is 2. The Labute approximate surface area is 219 Å². The summed E-state index contributed by atoms with van der Waals surface area (Å²) >= 11 is 0. The molecule has 7 nitrogen and oxygen atoms in total. The number of dihydropyridines is 1. The Hall–Kier alpha value is -4.00. The average molecular weight is 502 g/mol. The van der Waals surface area contributed by atoms with E-state index in [1.54, 1.807) is 36.9 Å². The molecule has 0 saturated carbocycles. The first-order chi connectivity index (χ1) is 18.0. The third kappa shape index (κ3) is 8.27. The summed E-state index contributed by atoms with van der Waals surface area (Å²) in [6, 6.07) is 7.53. The number of carbonyl (C=O) groups is 2. The molecular formula is C30H35N3O4. The molecule has 1 aliphatic heterocycles. The number of rotatable bonds is 12. The van der Waals surface area contributed by atoms with Gasteiger partial charge in [-0.3, -0.25) is 9.97 Å². The number of nitrogens with zero attached hydrogens (tertiary/aromatic N) is 2. The summed E-state index contributed by atoms with van der Waals surface area (Å²) in [5.74, 6) is -1.26. The van der Waals surface area contributed by atoms with Gasteiger partial charge in [0.25, 0.3) is 0 Å². The molecule has 194 valence electrons. The standard InChI is InChI=1S/C30H35N3O4/c1-4-5-6-15-26-27(29(34)36-18-9-13-24-11-7-16-31-20-24)22(2)33-23(3)28(26)30(35)37-19-10-14-25-12-8-17-32-21-25/h7-14,16-17,20-21,26,33H,4-6,15,18-19H2,1-3H3. The van der Waals surface area contributed by atoms with Gasteiger partial charge in [-0.2, -0.15) is 0 Å². The molecule has 0 aromatic carbocycles. The minimum Gasteiger partial charge on any atom is -0.458 e. The Morgan fingerprint density at radius 2 is 1.38 bits per heavy atom. The first-order valence-corrected chi connectivity index (χ1v) is 12.7. The number of hydrogen-bond donors (Lipinski definition) is 1. The number of pyridine rings is 2. The summed E-state index contributed by atoms with van der Waals surface area (Å²) in [4.78, 5) is 34.5. The van der Waals surface area contributed by atoms with Crippen molar-refractivity contribution in [2.75, 3.05) is 13.2 Å². The molecule has 1 N–H and O–H groups in total. The predicted octanol–water partition coefficient (Wildman–Crippen LogP) is 5.64. The van der Waals surface area contributed by atoms with Crippen molar-refractivity contribution < 1.29 is 19.1 Å². The predicted molar refractivity (Wildman–Crippen MR) is 145 cm³/mol. The first-order valence-electron chi connectivity index (χ1n) is 12.7. The van der Waals surface area contributed by atoms with Gasteiger partial charge in [-0.05, 0) is 55.7 Å². The second-order valence-electron chi connectivity index (χ2n) is 8.83. The fourth-order valence-corrected chi connectivity index (χ4v) is 4.28. The topological polar surface area (TPSA) is 90.4 Å². The van der Waals surface area contributed by atoms with E-state index < -0.39 is 17.9 Å². The molecule has 1 aliphatic rings. The van der Waals surface area contributed by atoms with Gasteiger partial charge in [0.2, 0.25) is 0 Å². The number of unbranched alkanes of at least 4 members (excludes halogenated alkanes) is 2. The van der Waals surface area contributed by atoms with Gasteiger partial charge in [-0.25, -0.2) is 9.59 Å². The quantitative estimate of drug-likeness (QED) is 0.297. The highest BCUT2D eigenvalue weighted by atomic mass is 16.5. The van der Waals surface area contributed by atoms with Crippen LogP contribution in [-0.2, 0) is 19.1 Å². The van der Waals surface area contributed by atoms with Crippen molar-refractivity contribution in [2.24, 2.45) is 5.92 Å². The van der Waals surface area contributed by atoms with Gasteiger partial charge in [0.15, 0.2) is 0 Å². The lowest BCUT2D eigenvalue weighted by Crippen LogP contribution is -2.33. The molecule has 0 bridgehead atoms. The summed E-state index contributed by atoms with van der Waals surface area (Å²) in [6.07, 6.45) is 17.7. The monoisotopic (exact) mass is 501 g/mol. The second-order valence-corrected chi connectivity index (χ2v) is 8.83. The maximum absolute atomic E-state index is 13.2. The van der Waals surface area contributed by atoms with Crippen molar-refractivity contribution in [3.8, 4) is 0 Å². The van der Waals surface area contributed by atoms with Crippen LogP contribution in [-0.4, -0.2) is 35.1 Å². The third-order valence-electron chi connectivity index (χ3n) is 6.03. The van der Waals surface area contributed by atoms with E-state index in [1.807, 2.05) is 50.3 Å². The van der Waals surface area contributed by atoms with E-state index in [0.29, 0.717) is 29.0 Å². The molecule has 2 aromatic rings. The van der Waals surface area contributed by atoms with Crippen LogP contribution in [0.3, 0.4) is 0 Å². The summed E-state index contributed by atoms with van der Waals surface area (Å²) in [6.45, 7) is 6.05. The molecule has 0 unspecified atom stereocenters. The van der Waals surface area contributed by atoms with E-state index in [-0.39, 0.29) is 13.2 Å². The van der Waals surface area contributed by atoms with E-state index in [1.165, 1.54) is 0 Å². The van der Waals surface area contributed by atoms with Crippen LogP contribution in [0.5, 0.6) is 0 Å². The van der Waals surface area contributed by atoms with Crippen LogP contribution in [0.4, 0.5) is 0 Å². The van der Waals surface area contributed by atoms with Crippen molar-refractivity contribution in [1.29, 1.82) is 0 Å². The van der Waals surface area contributed by atoms with Gasteiger partial charge in [-0.15, -0.1) is 0 Å². The van der Waals surface area contributed by atoms with Crippen LogP contribution in [0.25, 0.3) is 12.2 Å². The molecule has 0 atom stereocenters. The zero-order valence-electron chi connectivity index (χ0n) is 21.8. The Bertz CT molecular complexity index is 1080. The number of hydrogen-bond acceptors (Lipinski definition) is 7. The first kappa shape index (κ1) is 27.6. The lowest BCUT2D eigenvalue weighted by Gasteiger charge is -2.30. The summed E-state index contributed by atoms with van der Waals surface area (Å²) in [7, 11) is 0. The highest BCUT2D eigenvalue weighted by molar-refractivity contribution is 5.97. The molecule has 3 rings (SSSR count). The molecule has 0 amide bonds. The van der Waals surface area contributed by atoms with Crippen LogP contribution < -0.4 is 5.32 Å². The van der Waals surface area contributed by atoms with Gasteiger partial charge < -0.3 is 14.8 Å². The van der Waals surface area contributed by atoms with Gasteiger partial charge in [0.1, 0.15) is 13.2 Å². The molecule has 3 heterocycles. The van der Waals surface area contributed by atoms with E-state index >= 15 is 0 Å². The third-order valence-corrected chi connectivity index (χ3v) is 6.03. The van der Waals surface area contributed by atoms with E-state index in [9.17, 15) is 9.59 Å². The van der Waals surface area contributed by atoms with Crippen LogP contribution in [0, 0.1) is 5.92 Å². The van der Waals surface area contributed by atoms with E-state index in [0.717, 1.165) is 30.4 Å². The lowest BCUT2D eigenvalue weighted by molar-refractivity contribution is -0.139. The average Bonchev–Trinajstić information content (AvgIpc) is 2.90. The largest absolute Gasteiger partial charge is 0.458 e. The highest BCUT2D eigenvalue weighted by Crippen LogP contribution is 2.35. The van der Waals surface area contributed by atoms with Gasteiger partial charge in [0, 0.05) is 42.1 Å². The number of aromatic nitrogens is 2. The van der Waals surface area contributed by atoms with Crippen molar-refractivity contribution in [2.45, 2.75) is 46.5 Å². The van der Waals surface area contributed by atoms with Gasteiger partial charge in [0.05, 0.1) is 11.1 Å². The molecule has 37 heavy (non-hydrogen) atoms. The summed E-state index contributed by atoms with van der Waals surface area (Å²) in [5, 5.41) is 3.20. The summed E-state index contributed by atoms with van der Waals surface area (Å²) in [5.41, 5.74) is 4.21. The maximum Gasteiger partial charge on any atom is 0.336 e.